The Labute approximate surface area is 89.7 Å². The summed E-state index contributed by atoms with van der Waals surface area (Å²) < 4.78 is 15.5. The predicted molar refractivity (Wildman–Crippen MR) is 41.1 cm³/mol. The van der Waals surface area contributed by atoms with Crippen molar-refractivity contribution in [1.29, 1.82) is 0 Å². The number of rotatable bonds is 4. The Balaban J connectivity index is 0. The minimum atomic E-state index is -3.35. The third-order valence-corrected chi connectivity index (χ3v) is 2.40. The topological polar surface area (TPSA) is 46.5 Å². The van der Waals surface area contributed by atoms with E-state index >= 15 is 0 Å². The second-order valence-corrected chi connectivity index (χ2v) is 4.02. The van der Waals surface area contributed by atoms with Gasteiger partial charge in [0.15, 0.2) is 0 Å². The summed E-state index contributed by atoms with van der Waals surface area (Å²) >= 11 is 0. The third kappa shape index (κ3) is 8.80. The Bertz CT molecular complexity index is 169. The summed E-state index contributed by atoms with van der Waals surface area (Å²) in [6, 6.07) is 0. The molecule has 0 aromatic rings. The van der Waals surface area contributed by atoms with Crippen LogP contribution in [0.5, 0.6) is 0 Å². The van der Waals surface area contributed by atoms with Gasteiger partial charge in [-0.15, -0.1) is 0 Å². The average molecular weight is 187 g/mol. The number of hydrogen-bond donors (Lipinski definition) is 1. The van der Waals surface area contributed by atoms with Crippen molar-refractivity contribution in [3.05, 3.63) is 12.2 Å². The van der Waals surface area contributed by atoms with Crippen LogP contribution in [-0.4, -0.2) is 17.7 Å². The Morgan fingerprint density at radius 2 is 2.18 bits per heavy atom. The van der Waals surface area contributed by atoms with E-state index in [0.29, 0.717) is 5.57 Å². The van der Waals surface area contributed by atoms with Crippen LogP contribution in [0.25, 0.3) is 0 Å². The van der Waals surface area contributed by atoms with E-state index in [2.05, 4.69) is 11.1 Å². The van der Waals surface area contributed by atoms with Crippen molar-refractivity contribution < 1.29 is 43.5 Å². The molecule has 5 heteroatoms. The second-order valence-electron chi connectivity index (χ2n) is 2.17. The molecule has 3 nitrogen and oxygen atoms in total. The van der Waals surface area contributed by atoms with Crippen molar-refractivity contribution in [3.63, 3.8) is 0 Å². The first-order chi connectivity index (χ1) is 4.48. The van der Waals surface area contributed by atoms with E-state index in [1.807, 2.05) is 0 Å². The monoisotopic (exact) mass is 187 g/mol. The smallest absolute Gasteiger partial charge is 0.324 e. The van der Waals surface area contributed by atoms with Gasteiger partial charge in [0.2, 0.25) is 0 Å². The van der Waals surface area contributed by atoms with Crippen LogP contribution < -0.4 is 29.6 Å². The Kier molecular flexibility index (Phi) is 8.40. The number of hydrogen-bond acceptors (Lipinski definition) is 2. The van der Waals surface area contributed by atoms with Crippen LogP contribution in [0.15, 0.2) is 12.2 Å². The van der Waals surface area contributed by atoms with Gasteiger partial charge >= 0.3 is 37.2 Å². The van der Waals surface area contributed by atoms with Gasteiger partial charge < -0.3 is 9.42 Å². The molecule has 0 aliphatic carbocycles. The van der Waals surface area contributed by atoms with Gasteiger partial charge in [-0.05, 0) is 13.8 Å². The quantitative estimate of drug-likeness (QED) is 0.341. The molecule has 0 fully saturated rings. The molecule has 0 saturated heterocycles. The van der Waals surface area contributed by atoms with Crippen LogP contribution in [0.3, 0.4) is 0 Å². The molecule has 0 saturated carbocycles. The van der Waals surface area contributed by atoms with Crippen LogP contribution in [-0.2, 0) is 9.09 Å². The summed E-state index contributed by atoms with van der Waals surface area (Å²) in [5, 5.41) is 0. The molecular formula is C6H13NaO3P+. The maximum absolute atomic E-state index is 10.9. The van der Waals surface area contributed by atoms with E-state index in [-0.39, 0.29) is 42.3 Å². The minimum absolute atomic E-state index is 0. The molecule has 1 unspecified atom stereocenters. The minimum Gasteiger partial charge on any atom is -0.324 e. The zero-order chi connectivity index (χ0) is 8.20. The Morgan fingerprint density at radius 3 is 2.45 bits per heavy atom. The molecule has 60 valence electrons. The fourth-order valence-corrected chi connectivity index (χ4v) is 1.77. The fraction of sp³-hybridized carbons (Fsp3) is 0.667. The van der Waals surface area contributed by atoms with Gasteiger partial charge in [-0.1, -0.05) is 12.2 Å². The first-order valence-corrected chi connectivity index (χ1v) is 4.85. The molecule has 0 aliphatic heterocycles. The molecule has 0 aliphatic rings. The standard InChI is InChI=1S/C6H13O3P.Na/c1-4-9-10(7,8)5-6(2)3;/h2,4-5H2,1,3H3,(H,7,8);/q;+1. The van der Waals surface area contributed by atoms with E-state index in [1.165, 1.54) is 0 Å². The van der Waals surface area contributed by atoms with E-state index in [9.17, 15) is 4.57 Å². The summed E-state index contributed by atoms with van der Waals surface area (Å²) in [5.74, 6) is 0. The molecule has 0 spiro atoms. The maximum Gasteiger partial charge on any atom is 1.00 e. The van der Waals surface area contributed by atoms with Gasteiger partial charge in [0.05, 0.1) is 12.8 Å². The van der Waals surface area contributed by atoms with E-state index in [0.717, 1.165) is 0 Å². The summed E-state index contributed by atoms with van der Waals surface area (Å²) in [5.41, 5.74) is 0.666. The molecule has 0 aromatic carbocycles. The average Bonchev–Trinajstić information content (AvgIpc) is 1.59. The van der Waals surface area contributed by atoms with Gasteiger partial charge in [0.1, 0.15) is 0 Å². The maximum atomic E-state index is 10.9. The van der Waals surface area contributed by atoms with Crippen molar-refractivity contribution >= 4 is 7.60 Å². The molecule has 11 heavy (non-hydrogen) atoms. The Hall–Kier alpha value is 0.890. The molecule has 1 N–H and O–H groups in total. The number of allylic oxidation sites excluding steroid dienone is 1. The van der Waals surface area contributed by atoms with E-state index in [4.69, 9.17) is 4.89 Å². The third-order valence-electron chi connectivity index (χ3n) is 0.801. The normalized spacial score (nSPS) is 14.8. The van der Waals surface area contributed by atoms with Crippen molar-refractivity contribution in [2.75, 3.05) is 12.8 Å². The molecule has 0 bridgehead atoms. The van der Waals surface area contributed by atoms with Crippen molar-refractivity contribution in [2.24, 2.45) is 0 Å². The fourth-order valence-electron chi connectivity index (χ4n) is 0.588. The summed E-state index contributed by atoms with van der Waals surface area (Å²) in [6.45, 7) is 7.15. The first kappa shape index (κ1) is 14.4. The molecule has 0 radical (unpaired) electrons. The van der Waals surface area contributed by atoms with Gasteiger partial charge in [0.25, 0.3) is 0 Å². The molecule has 0 amide bonds. The van der Waals surface area contributed by atoms with Gasteiger partial charge in [0, 0.05) is 0 Å². The van der Waals surface area contributed by atoms with Crippen molar-refractivity contribution in [2.45, 2.75) is 13.8 Å². The van der Waals surface area contributed by atoms with Gasteiger partial charge in [-0.2, -0.15) is 0 Å². The van der Waals surface area contributed by atoms with Crippen LogP contribution in [0.1, 0.15) is 13.8 Å². The molecular weight excluding hydrogens is 174 g/mol. The first-order valence-electron chi connectivity index (χ1n) is 3.08. The van der Waals surface area contributed by atoms with Gasteiger partial charge in [-0.3, -0.25) is 4.57 Å². The molecule has 0 rings (SSSR count). The molecule has 1 atom stereocenters. The van der Waals surface area contributed by atoms with Crippen LogP contribution in [0, 0.1) is 0 Å². The van der Waals surface area contributed by atoms with Crippen LogP contribution >= 0.6 is 7.60 Å². The van der Waals surface area contributed by atoms with Crippen LogP contribution in [0.2, 0.25) is 0 Å². The zero-order valence-electron chi connectivity index (χ0n) is 7.33. The second kappa shape index (κ2) is 6.41. The summed E-state index contributed by atoms with van der Waals surface area (Å²) in [6.07, 6.45) is 0.0564. The van der Waals surface area contributed by atoms with Crippen molar-refractivity contribution in [1.82, 2.24) is 0 Å². The van der Waals surface area contributed by atoms with Crippen LogP contribution in [0.4, 0.5) is 0 Å². The van der Waals surface area contributed by atoms with Crippen molar-refractivity contribution in [3.8, 4) is 0 Å². The Morgan fingerprint density at radius 1 is 1.73 bits per heavy atom. The largest absolute Gasteiger partial charge is 1.00 e. The predicted octanol–water partition coefficient (Wildman–Crippen LogP) is -1.21. The van der Waals surface area contributed by atoms with E-state index in [1.54, 1.807) is 13.8 Å². The summed E-state index contributed by atoms with van der Waals surface area (Å²) in [4.78, 5) is 8.96. The van der Waals surface area contributed by atoms with E-state index < -0.39 is 7.60 Å². The molecule has 0 heterocycles. The van der Waals surface area contributed by atoms with Gasteiger partial charge in [-0.25, -0.2) is 0 Å². The molecule has 0 aromatic heterocycles. The zero-order valence-corrected chi connectivity index (χ0v) is 10.2. The SMILES string of the molecule is C=C(C)CP(=O)(O)OCC.[Na+]. The summed E-state index contributed by atoms with van der Waals surface area (Å²) in [7, 11) is -3.35.